The van der Waals surface area contributed by atoms with Gasteiger partial charge in [-0.3, -0.25) is 9.48 Å². The van der Waals surface area contributed by atoms with Gasteiger partial charge in [-0.15, -0.1) is 0 Å². The highest BCUT2D eigenvalue weighted by atomic mass is 16.1. The van der Waals surface area contributed by atoms with Gasteiger partial charge in [-0.25, -0.2) is 0 Å². The van der Waals surface area contributed by atoms with E-state index in [0.717, 1.165) is 30.9 Å². The molecule has 2 fully saturated rings. The molecule has 4 nitrogen and oxygen atoms in total. The van der Waals surface area contributed by atoms with Crippen LogP contribution in [0.25, 0.3) is 0 Å². The molecule has 0 amide bonds. The van der Waals surface area contributed by atoms with E-state index in [-0.39, 0.29) is 0 Å². The maximum absolute atomic E-state index is 12.3. The molecule has 1 saturated carbocycles. The lowest BCUT2D eigenvalue weighted by atomic mass is 9.90. The monoisotopic (exact) mass is 247 g/mol. The Hall–Kier alpha value is -1.16. The molecule has 0 radical (unpaired) electrons. The fourth-order valence-electron chi connectivity index (χ4n) is 3.41. The van der Waals surface area contributed by atoms with Crippen LogP contribution < -0.4 is 5.32 Å². The van der Waals surface area contributed by atoms with Gasteiger partial charge in [0.2, 0.25) is 0 Å². The molecule has 1 aliphatic carbocycles. The summed E-state index contributed by atoms with van der Waals surface area (Å²) >= 11 is 0. The zero-order valence-electron chi connectivity index (χ0n) is 11.2. The number of carbonyl (C=O) groups is 1. The molecule has 1 spiro atoms. The molecule has 1 aromatic heterocycles. The van der Waals surface area contributed by atoms with Crippen molar-refractivity contribution in [3.63, 3.8) is 0 Å². The fourth-order valence-corrected chi connectivity index (χ4v) is 3.41. The Balaban J connectivity index is 1.65. The number of hydrogen-bond acceptors (Lipinski definition) is 3. The molecule has 1 unspecified atom stereocenters. The van der Waals surface area contributed by atoms with Crippen molar-refractivity contribution >= 4 is 5.78 Å². The van der Waals surface area contributed by atoms with Crippen molar-refractivity contribution in [2.45, 2.75) is 32.6 Å². The third-order valence-electron chi connectivity index (χ3n) is 4.63. The van der Waals surface area contributed by atoms with Crippen LogP contribution in [0.5, 0.6) is 0 Å². The van der Waals surface area contributed by atoms with Crippen LogP contribution >= 0.6 is 0 Å². The molecule has 4 heteroatoms. The van der Waals surface area contributed by atoms with E-state index in [9.17, 15) is 4.79 Å². The number of nitrogens with zero attached hydrogens (tertiary/aromatic N) is 2. The summed E-state index contributed by atoms with van der Waals surface area (Å²) in [6.45, 7) is 4.13. The minimum Gasteiger partial charge on any atom is -0.317 e. The number of rotatable bonds is 3. The smallest absolute Gasteiger partial charge is 0.142 e. The fraction of sp³-hybridized carbons (Fsp3) is 0.714. The predicted molar refractivity (Wildman–Crippen MR) is 69.3 cm³/mol. The maximum Gasteiger partial charge on any atom is 0.142 e. The highest BCUT2D eigenvalue weighted by Gasteiger charge is 2.56. The number of aryl methyl sites for hydroxylation is 2. The average Bonchev–Trinajstić information content (AvgIpc) is 2.93. The molecule has 98 valence electrons. The lowest BCUT2D eigenvalue weighted by Crippen LogP contribution is -2.31. The zero-order valence-corrected chi connectivity index (χ0v) is 11.2. The van der Waals surface area contributed by atoms with Crippen LogP contribution in [0.1, 0.15) is 30.7 Å². The van der Waals surface area contributed by atoms with Crippen molar-refractivity contribution in [3.05, 3.63) is 17.5 Å². The van der Waals surface area contributed by atoms with Crippen molar-refractivity contribution in [3.8, 4) is 0 Å². The van der Waals surface area contributed by atoms with Crippen LogP contribution in [-0.4, -0.2) is 28.7 Å². The van der Waals surface area contributed by atoms with E-state index in [2.05, 4.69) is 10.4 Å². The number of piperidine rings is 1. The molecule has 2 aliphatic rings. The van der Waals surface area contributed by atoms with Gasteiger partial charge in [-0.1, -0.05) is 0 Å². The van der Waals surface area contributed by atoms with E-state index in [1.807, 2.05) is 24.7 Å². The summed E-state index contributed by atoms with van der Waals surface area (Å²) in [6.07, 6.45) is 4.02. The van der Waals surface area contributed by atoms with Gasteiger partial charge in [0, 0.05) is 25.1 Å². The average molecular weight is 247 g/mol. The Morgan fingerprint density at radius 3 is 2.89 bits per heavy atom. The third kappa shape index (κ3) is 1.99. The molecule has 1 saturated heterocycles. The van der Waals surface area contributed by atoms with Gasteiger partial charge in [0.15, 0.2) is 0 Å². The third-order valence-corrected chi connectivity index (χ3v) is 4.63. The van der Waals surface area contributed by atoms with Gasteiger partial charge in [-0.2, -0.15) is 5.10 Å². The molecule has 2 heterocycles. The van der Waals surface area contributed by atoms with Gasteiger partial charge in [0.1, 0.15) is 5.78 Å². The maximum atomic E-state index is 12.3. The van der Waals surface area contributed by atoms with Gasteiger partial charge < -0.3 is 5.32 Å². The first-order chi connectivity index (χ1) is 8.61. The minimum absolute atomic E-state index is 0.315. The highest BCUT2D eigenvalue weighted by molar-refractivity contribution is 5.86. The van der Waals surface area contributed by atoms with E-state index in [1.165, 1.54) is 12.8 Å². The Morgan fingerprint density at radius 2 is 2.28 bits per heavy atom. The molecule has 1 aromatic rings. The number of nitrogens with one attached hydrogen (secondary N) is 1. The highest BCUT2D eigenvalue weighted by Crippen LogP contribution is 2.59. The second-order valence-corrected chi connectivity index (χ2v) is 5.91. The van der Waals surface area contributed by atoms with Crippen molar-refractivity contribution < 1.29 is 4.79 Å². The largest absolute Gasteiger partial charge is 0.317 e. The summed E-state index contributed by atoms with van der Waals surface area (Å²) in [7, 11) is 1.92. The lowest BCUT2D eigenvalue weighted by Gasteiger charge is -2.23. The lowest BCUT2D eigenvalue weighted by molar-refractivity contribution is -0.120. The topological polar surface area (TPSA) is 46.9 Å². The standard InChI is InChI=1S/C14H21N3O/c1-10-7-11(17(2)16-10)8-13(18)12-9-14(12)3-5-15-6-4-14/h7,12,15H,3-6,8-9H2,1-2H3. The van der Waals surface area contributed by atoms with Gasteiger partial charge in [0.25, 0.3) is 0 Å². The van der Waals surface area contributed by atoms with Crippen LogP contribution in [-0.2, 0) is 18.3 Å². The van der Waals surface area contributed by atoms with Crippen molar-refractivity contribution in [2.75, 3.05) is 13.1 Å². The van der Waals surface area contributed by atoms with Crippen LogP contribution in [0.4, 0.5) is 0 Å². The molecular formula is C14H21N3O. The molecule has 0 aromatic carbocycles. The van der Waals surface area contributed by atoms with Crippen LogP contribution in [0, 0.1) is 18.3 Å². The van der Waals surface area contributed by atoms with E-state index in [1.54, 1.807) is 0 Å². The van der Waals surface area contributed by atoms with E-state index in [4.69, 9.17) is 0 Å². The first kappa shape index (κ1) is 11.9. The quantitative estimate of drug-likeness (QED) is 0.874. The predicted octanol–water partition coefficient (Wildman–Crippen LogP) is 1.23. The van der Waals surface area contributed by atoms with Crippen molar-refractivity contribution in [2.24, 2.45) is 18.4 Å². The zero-order chi connectivity index (χ0) is 12.8. The van der Waals surface area contributed by atoms with E-state index < -0.39 is 0 Å². The molecule has 1 atom stereocenters. The molecule has 18 heavy (non-hydrogen) atoms. The second kappa shape index (κ2) is 4.19. The molecule has 1 aliphatic heterocycles. The van der Waals surface area contributed by atoms with Crippen LogP contribution in [0.15, 0.2) is 6.07 Å². The van der Waals surface area contributed by atoms with Gasteiger partial charge >= 0.3 is 0 Å². The van der Waals surface area contributed by atoms with Crippen molar-refractivity contribution in [1.82, 2.24) is 15.1 Å². The molecule has 1 N–H and O–H groups in total. The number of hydrogen-bond donors (Lipinski definition) is 1. The summed E-state index contributed by atoms with van der Waals surface area (Å²) in [4.78, 5) is 12.3. The first-order valence-electron chi connectivity index (χ1n) is 6.84. The van der Waals surface area contributed by atoms with Gasteiger partial charge in [0.05, 0.1) is 5.69 Å². The van der Waals surface area contributed by atoms with E-state index in [0.29, 0.717) is 23.5 Å². The number of Topliss-reactive ketones (excluding diaryl/α,β-unsaturated/α-hetero) is 1. The molecule has 0 bridgehead atoms. The van der Waals surface area contributed by atoms with Crippen molar-refractivity contribution in [1.29, 1.82) is 0 Å². The second-order valence-electron chi connectivity index (χ2n) is 5.91. The molecular weight excluding hydrogens is 226 g/mol. The number of ketones is 1. The Morgan fingerprint density at radius 1 is 1.56 bits per heavy atom. The van der Waals surface area contributed by atoms with Crippen LogP contribution in [0.3, 0.4) is 0 Å². The normalized spacial score (nSPS) is 25.3. The summed E-state index contributed by atoms with van der Waals surface area (Å²) < 4.78 is 1.84. The minimum atomic E-state index is 0.315. The summed E-state index contributed by atoms with van der Waals surface area (Å²) in [5.41, 5.74) is 2.40. The summed E-state index contributed by atoms with van der Waals surface area (Å²) in [6, 6.07) is 2.02. The Bertz CT molecular complexity index is 471. The first-order valence-corrected chi connectivity index (χ1v) is 6.84. The van der Waals surface area contributed by atoms with E-state index >= 15 is 0 Å². The summed E-state index contributed by atoms with van der Waals surface area (Å²) in [5.74, 6) is 0.731. The SMILES string of the molecule is Cc1cc(CC(=O)C2CC23CCNCC3)n(C)n1. The summed E-state index contributed by atoms with van der Waals surface area (Å²) in [5, 5.41) is 7.68. The number of aromatic nitrogens is 2. The van der Waals surface area contributed by atoms with Crippen LogP contribution in [0.2, 0.25) is 0 Å². The Kier molecular flexibility index (Phi) is 2.77. The Labute approximate surface area is 108 Å². The van der Waals surface area contributed by atoms with Gasteiger partial charge in [-0.05, 0) is 50.8 Å². The number of carbonyl (C=O) groups excluding carboxylic acids is 1. The molecule has 3 rings (SSSR count).